The Morgan fingerprint density at radius 3 is 1.24 bits per heavy atom. The molecule has 0 aromatic rings. The van der Waals surface area contributed by atoms with Crippen molar-refractivity contribution in [3.63, 3.8) is 0 Å². The number of carbonyl (C=O) groups is 1. The van der Waals surface area contributed by atoms with E-state index in [9.17, 15) is 19.4 Å². The number of unbranched alkanes of at least 4 members (excludes halogenated alkanes) is 35. The molecule has 0 aliphatic rings. The zero-order valence-corrected chi connectivity index (χ0v) is 43.5. The highest BCUT2D eigenvalue weighted by atomic mass is 31.2. The number of hydrogen-bond donors (Lipinski definition) is 3. The molecule has 63 heavy (non-hydrogen) atoms. The standard InChI is InChI=1S/C54H107N2O6P/c1-6-8-10-12-14-15-16-17-18-19-20-21-22-23-24-25-26-27-28-29-30-31-32-33-34-35-36-37-38-39-40-41-42-44-46-48-54(58)55-52(53(57)47-45-43-13-11-9-7-2)51-62-63(59,60)61-50-49-56(3,4)5/h19-20,45,47,52-53,57H,6-18,21-44,46,48-51H2,1-5H3,(H-,55,58,59,60)/p+1/b20-19-,47-45+. The van der Waals surface area contributed by atoms with Crippen LogP contribution in [0.25, 0.3) is 0 Å². The summed E-state index contributed by atoms with van der Waals surface area (Å²) < 4.78 is 23.4. The number of aliphatic hydroxyl groups is 1. The van der Waals surface area contributed by atoms with Gasteiger partial charge in [0.1, 0.15) is 13.2 Å². The van der Waals surface area contributed by atoms with Crippen molar-refractivity contribution < 1.29 is 32.9 Å². The number of amides is 1. The smallest absolute Gasteiger partial charge is 0.387 e. The van der Waals surface area contributed by atoms with Crippen molar-refractivity contribution in [1.82, 2.24) is 5.32 Å². The molecule has 3 atom stereocenters. The number of rotatable bonds is 50. The first-order valence-corrected chi connectivity index (χ1v) is 28.7. The fourth-order valence-electron chi connectivity index (χ4n) is 8.10. The molecule has 0 radical (unpaired) electrons. The SMILES string of the molecule is CCCCCC/C=C/C(O)C(COP(=O)(O)OCC[N+](C)(C)C)NC(=O)CCCCCCCCCCCCCCCCCCCCCCCCC/C=C\CCCCCCCCCC. The van der Waals surface area contributed by atoms with Gasteiger partial charge in [-0.3, -0.25) is 13.8 Å². The van der Waals surface area contributed by atoms with Crippen LogP contribution in [0.2, 0.25) is 0 Å². The van der Waals surface area contributed by atoms with Crippen molar-refractivity contribution in [3.8, 4) is 0 Å². The lowest BCUT2D eigenvalue weighted by atomic mass is 10.0. The van der Waals surface area contributed by atoms with E-state index in [2.05, 4.69) is 31.3 Å². The van der Waals surface area contributed by atoms with Crippen LogP contribution in [0.3, 0.4) is 0 Å². The molecule has 0 bridgehead atoms. The van der Waals surface area contributed by atoms with Gasteiger partial charge in [0.25, 0.3) is 0 Å². The monoisotopic (exact) mass is 912 g/mol. The Kier molecular flexibility index (Phi) is 45.4. The van der Waals surface area contributed by atoms with E-state index in [-0.39, 0.29) is 19.1 Å². The van der Waals surface area contributed by atoms with E-state index < -0.39 is 20.0 Å². The normalized spacial score (nSPS) is 14.2. The maximum atomic E-state index is 12.8. The molecule has 0 aromatic carbocycles. The number of carbonyl (C=O) groups excluding carboxylic acids is 1. The largest absolute Gasteiger partial charge is 0.472 e. The quantitative estimate of drug-likeness (QED) is 0.0243. The highest BCUT2D eigenvalue weighted by Crippen LogP contribution is 2.43. The lowest BCUT2D eigenvalue weighted by Crippen LogP contribution is -2.45. The topological polar surface area (TPSA) is 105 Å². The van der Waals surface area contributed by atoms with Crippen LogP contribution in [-0.2, 0) is 18.4 Å². The summed E-state index contributed by atoms with van der Waals surface area (Å²) in [6, 6.07) is -0.839. The second-order valence-electron chi connectivity index (χ2n) is 20.0. The lowest BCUT2D eigenvalue weighted by molar-refractivity contribution is -0.870. The van der Waals surface area contributed by atoms with Gasteiger partial charge in [-0.05, 0) is 44.9 Å². The fraction of sp³-hybridized carbons (Fsp3) is 0.907. The minimum absolute atomic E-state index is 0.0629. The van der Waals surface area contributed by atoms with E-state index in [1.54, 1.807) is 6.08 Å². The third-order valence-electron chi connectivity index (χ3n) is 12.4. The van der Waals surface area contributed by atoms with E-state index >= 15 is 0 Å². The number of aliphatic hydroxyl groups excluding tert-OH is 1. The van der Waals surface area contributed by atoms with Crippen LogP contribution in [0, 0.1) is 0 Å². The van der Waals surface area contributed by atoms with Gasteiger partial charge in [0.15, 0.2) is 0 Å². The molecule has 1 amide bonds. The number of phosphoric ester groups is 1. The van der Waals surface area contributed by atoms with Crippen molar-refractivity contribution in [2.45, 2.75) is 276 Å². The first-order valence-electron chi connectivity index (χ1n) is 27.2. The third-order valence-corrected chi connectivity index (χ3v) is 13.4. The summed E-state index contributed by atoms with van der Waals surface area (Å²) in [6.07, 6.45) is 57.7. The molecule has 8 nitrogen and oxygen atoms in total. The van der Waals surface area contributed by atoms with Crippen LogP contribution in [-0.4, -0.2) is 73.4 Å². The Morgan fingerprint density at radius 1 is 0.524 bits per heavy atom. The van der Waals surface area contributed by atoms with Gasteiger partial charge in [-0.2, -0.15) is 0 Å². The van der Waals surface area contributed by atoms with Gasteiger partial charge >= 0.3 is 7.82 Å². The zero-order chi connectivity index (χ0) is 46.4. The maximum absolute atomic E-state index is 12.8. The number of nitrogens with one attached hydrogen (secondary N) is 1. The van der Waals surface area contributed by atoms with E-state index in [0.717, 1.165) is 44.9 Å². The molecule has 3 N–H and O–H groups in total. The second kappa shape index (κ2) is 46.1. The van der Waals surface area contributed by atoms with E-state index in [1.807, 2.05) is 27.2 Å². The molecule has 0 fully saturated rings. The van der Waals surface area contributed by atoms with E-state index in [4.69, 9.17) is 9.05 Å². The summed E-state index contributed by atoms with van der Waals surface area (Å²) in [7, 11) is 1.58. The lowest BCUT2D eigenvalue weighted by Gasteiger charge is -2.25. The van der Waals surface area contributed by atoms with Crippen molar-refractivity contribution >= 4 is 13.7 Å². The number of phosphoric acid groups is 1. The average Bonchev–Trinajstić information content (AvgIpc) is 3.24. The molecular weight excluding hydrogens is 804 g/mol. The van der Waals surface area contributed by atoms with Gasteiger partial charge < -0.3 is 19.8 Å². The number of nitrogens with zero attached hydrogens (tertiary/aromatic N) is 1. The van der Waals surface area contributed by atoms with Crippen LogP contribution in [0.15, 0.2) is 24.3 Å². The number of quaternary nitrogens is 1. The molecule has 0 aliphatic carbocycles. The average molecular weight is 912 g/mol. The molecular formula is C54H108N2O6P+. The van der Waals surface area contributed by atoms with Gasteiger partial charge in [-0.25, -0.2) is 4.57 Å². The van der Waals surface area contributed by atoms with E-state index in [0.29, 0.717) is 17.4 Å². The third kappa shape index (κ3) is 48.7. The van der Waals surface area contributed by atoms with Crippen LogP contribution in [0.1, 0.15) is 264 Å². The summed E-state index contributed by atoms with van der Waals surface area (Å²) in [5.74, 6) is -0.178. The number of allylic oxidation sites excluding steroid dienone is 3. The highest BCUT2D eigenvalue weighted by molar-refractivity contribution is 7.47. The molecule has 0 aliphatic heterocycles. The van der Waals surface area contributed by atoms with Crippen molar-refractivity contribution in [2.75, 3.05) is 40.9 Å². The summed E-state index contributed by atoms with van der Waals surface area (Å²) in [5, 5.41) is 13.7. The Labute approximate surface area is 392 Å². The van der Waals surface area contributed by atoms with Crippen LogP contribution >= 0.6 is 7.82 Å². The first kappa shape index (κ1) is 62.0. The predicted molar refractivity (Wildman–Crippen MR) is 272 cm³/mol. The summed E-state index contributed by atoms with van der Waals surface area (Å²) >= 11 is 0. The highest BCUT2D eigenvalue weighted by Gasteiger charge is 2.27. The number of likely N-dealkylation sites (N-methyl/N-ethyl adjacent to an activating group) is 1. The summed E-state index contributed by atoms with van der Waals surface area (Å²) in [5.41, 5.74) is 0. The molecule has 374 valence electrons. The molecule has 9 heteroatoms. The van der Waals surface area contributed by atoms with Crippen molar-refractivity contribution in [3.05, 3.63) is 24.3 Å². The zero-order valence-electron chi connectivity index (χ0n) is 42.6. The first-order chi connectivity index (χ1) is 30.5. The van der Waals surface area contributed by atoms with Gasteiger partial charge in [0.2, 0.25) is 5.91 Å². The summed E-state index contributed by atoms with van der Waals surface area (Å²) in [4.78, 5) is 23.0. The van der Waals surface area contributed by atoms with Crippen LogP contribution in [0.5, 0.6) is 0 Å². The molecule has 0 spiro atoms. The molecule has 0 saturated heterocycles. The molecule has 0 heterocycles. The fourth-order valence-corrected chi connectivity index (χ4v) is 8.83. The van der Waals surface area contributed by atoms with Crippen molar-refractivity contribution in [1.29, 1.82) is 0 Å². The number of hydrogen-bond acceptors (Lipinski definition) is 5. The van der Waals surface area contributed by atoms with E-state index in [1.165, 1.54) is 199 Å². The summed E-state index contributed by atoms with van der Waals surface area (Å²) in [6.45, 7) is 4.75. The van der Waals surface area contributed by atoms with Crippen molar-refractivity contribution in [2.24, 2.45) is 0 Å². The van der Waals surface area contributed by atoms with Gasteiger partial charge in [-0.15, -0.1) is 0 Å². The Bertz CT molecular complexity index is 1080. The molecule has 0 rings (SSSR count). The molecule has 0 aromatic heterocycles. The Balaban J connectivity index is 3.75. The maximum Gasteiger partial charge on any atom is 0.472 e. The Hall–Kier alpha value is -1.02. The molecule has 0 saturated carbocycles. The molecule has 3 unspecified atom stereocenters. The Morgan fingerprint density at radius 2 is 0.857 bits per heavy atom. The predicted octanol–water partition coefficient (Wildman–Crippen LogP) is 16.0. The van der Waals surface area contributed by atoms with Gasteiger partial charge in [0, 0.05) is 6.42 Å². The van der Waals surface area contributed by atoms with Crippen LogP contribution < -0.4 is 5.32 Å². The minimum Gasteiger partial charge on any atom is -0.387 e. The minimum atomic E-state index is -4.32. The second-order valence-corrected chi connectivity index (χ2v) is 21.4. The van der Waals surface area contributed by atoms with Crippen LogP contribution in [0.4, 0.5) is 0 Å². The van der Waals surface area contributed by atoms with Gasteiger partial charge in [0.05, 0.1) is 39.9 Å². The van der Waals surface area contributed by atoms with Gasteiger partial charge in [-0.1, -0.05) is 237 Å².